The minimum absolute atomic E-state index is 0.0555. The lowest BCUT2D eigenvalue weighted by Gasteiger charge is -2.29. The van der Waals surface area contributed by atoms with Crippen LogP contribution in [-0.4, -0.2) is 18.2 Å². The van der Waals surface area contributed by atoms with E-state index in [-0.39, 0.29) is 6.17 Å². The van der Waals surface area contributed by atoms with Crippen molar-refractivity contribution in [2.75, 3.05) is 16.8 Å². The van der Waals surface area contributed by atoms with Crippen molar-refractivity contribution < 1.29 is 4.42 Å². The van der Waals surface area contributed by atoms with Crippen LogP contribution < -0.4 is 9.80 Å². The Hall–Kier alpha value is -3.52. The van der Waals surface area contributed by atoms with Crippen molar-refractivity contribution in [1.29, 1.82) is 5.26 Å². The number of hydrogen-bond acceptors (Lipinski definition) is 5. The Bertz CT molecular complexity index is 1250. The van der Waals surface area contributed by atoms with E-state index in [0.29, 0.717) is 11.3 Å². The van der Waals surface area contributed by atoms with Gasteiger partial charge < -0.3 is 14.2 Å². The van der Waals surface area contributed by atoms with E-state index >= 15 is 0 Å². The van der Waals surface area contributed by atoms with Crippen molar-refractivity contribution in [2.45, 2.75) is 20.0 Å². The predicted octanol–water partition coefficient (Wildman–Crippen LogP) is 5.10. The van der Waals surface area contributed by atoms with Crippen LogP contribution in [0.2, 0.25) is 0 Å². The largest absolute Gasteiger partial charge is 0.435 e. The van der Waals surface area contributed by atoms with Crippen LogP contribution in [0.4, 0.5) is 17.1 Å². The van der Waals surface area contributed by atoms with E-state index in [1.54, 1.807) is 6.20 Å². The lowest BCUT2D eigenvalue weighted by molar-refractivity contribution is 0.648. The summed E-state index contributed by atoms with van der Waals surface area (Å²) in [5.74, 6) is 0. The summed E-state index contributed by atoms with van der Waals surface area (Å²) in [4.78, 5) is 8.79. The monoisotopic (exact) mass is 354 g/mol. The minimum Gasteiger partial charge on any atom is -0.435 e. The summed E-state index contributed by atoms with van der Waals surface area (Å²) in [6, 6.07) is 16.4. The van der Waals surface area contributed by atoms with Gasteiger partial charge in [-0.15, -0.1) is 0 Å². The first-order valence-electron chi connectivity index (χ1n) is 8.94. The molecule has 5 heteroatoms. The molecule has 3 heterocycles. The molecule has 0 amide bonds. The van der Waals surface area contributed by atoms with Crippen LogP contribution in [0.1, 0.15) is 18.1 Å². The van der Waals surface area contributed by atoms with Crippen LogP contribution in [0.3, 0.4) is 0 Å². The molecule has 0 saturated carbocycles. The number of nitrogens with zero attached hydrogens (tertiary/aromatic N) is 4. The highest BCUT2D eigenvalue weighted by atomic mass is 16.3. The average Bonchev–Trinajstić information content (AvgIpc) is 3.18. The van der Waals surface area contributed by atoms with Gasteiger partial charge in [0.25, 0.3) is 0 Å². The number of aryl methyl sites for hydroxylation is 1. The fourth-order valence-electron chi connectivity index (χ4n) is 4.11. The summed E-state index contributed by atoms with van der Waals surface area (Å²) in [5, 5.41) is 11.6. The van der Waals surface area contributed by atoms with Crippen molar-refractivity contribution in [2.24, 2.45) is 0 Å². The van der Waals surface area contributed by atoms with Gasteiger partial charge in [-0.1, -0.05) is 18.2 Å². The van der Waals surface area contributed by atoms with Gasteiger partial charge >= 0.3 is 0 Å². The fraction of sp³-hybridized carbons (Fsp3) is 0.182. The molecule has 0 spiro atoms. The van der Waals surface area contributed by atoms with Crippen LogP contribution in [0, 0.1) is 18.3 Å². The Morgan fingerprint density at radius 2 is 1.93 bits per heavy atom. The number of para-hydroxylation sites is 1. The minimum atomic E-state index is 0.0555. The molecule has 0 saturated heterocycles. The maximum absolute atomic E-state index is 9.56. The Labute approximate surface area is 157 Å². The van der Waals surface area contributed by atoms with Gasteiger partial charge in [0, 0.05) is 24.0 Å². The Balaban J connectivity index is 1.85. The van der Waals surface area contributed by atoms with Gasteiger partial charge in [0.2, 0.25) is 5.71 Å². The lowest BCUT2D eigenvalue weighted by atomic mass is 10.1. The van der Waals surface area contributed by atoms with E-state index in [1.807, 2.05) is 31.3 Å². The topological polar surface area (TPSA) is 56.3 Å². The molecule has 0 bridgehead atoms. The smallest absolute Gasteiger partial charge is 0.227 e. The van der Waals surface area contributed by atoms with Crippen molar-refractivity contribution in [3.05, 3.63) is 59.8 Å². The van der Waals surface area contributed by atoms with Gasteiger partial charge in [0.05, 0.1) is 22.6 Å². The maximum Gasteiger partial charge on any atom is 0.227 e. The Kier molecular flexibility index (Phi) is 3.19. The van der Waals surface area contributed by atoms with E-state index in [9.17, 15) is 5.26 Å². The molecule has 4 aromatic rings. The molecule has 0 aliphatic carbocycles. The van der Waals surface area contributed by atoms with Crippen LogP contribution in [0.25, 0.3) is 22.1 Å². The van der Waals surface area contributed by atoms with E-state index < -0.39 is 0 Å². The van der Waals surface area contributed by atoms with Gasteiger partial charge in [-0.25, -0.2) is 4.98 Å². The molecule has 2 aromatic heterocycles. The molecule has 0 fully saturated rings. The zero-order valence-corrected chi connectivity index (χ0v) is 15.4. The summed E-state index contributed by atoms with van der Waals surface area (Å²) in [5.41, 5.74) is 6.28. The summed E-state index contributed by atoms with van der Waals surface area (Å²) >= 11 is 0. The van der Waals surface area contributed by atoms with Gasteiger partial charge in [0.15, 0.2) is 5.58 Å². The molecule has 1 aliphatic heterocycles. The van der Waals surface area contributed by atoms with Gasteiger partial charge in [-0.05, 0) is 43.7 Å². The maximum atomic E-state index is 9.56. The van der Waals surface area contributed by atoms with Gasteiger partial charge in [0.1, 0.15) is 12.2 Å². The van der Waals surface area contributed by atoms with E-state index in [2.05, 4.69) is 52.9 Å². The fourth-order valence-corrected chi connectivity index (χ4v) is 4.11. The molecular formula is C22H18N4O. The van der Waals surface area contributed by atoms with Crippen LogP contribution >= 0.6 is 0 Å². The van der Waals surface area contributed by atoms with Gasteiger partial charge in [-0.3, -0.25) is 0 Å². The number of aromatic nitrogens is 1. The third-order valence-corrected chi connectivity index (χ3v) is 5.52. The first kappa shape index (κ1) is 15.7. The molecular weight excluding hydrogens is 336 g/mol. The number of rotatable bonds is 1. The standard InChI is InChI=1S/C22H18N4O/c1-13-9-10-16-17-7-5-11-24-22(17)27-21(16)19(13)26-14(2)25(3)20-15(12-23)6-4-8-18(20)26/h4-11,14H,1-3H3/t14-/m0/s1. The Morgan fingerprint density at radius 1 is 1.07 bits per heavy atom. The number of benzene rings is 2. The van der Waals surface area contributed by atoms with Crippen LogP contribution in [-0.2, 0) is 0 Å². The highest BCUT2D eigenvalue weighted by Crippen LogP contribution is 2.48. The molecule has 27 heavy (non-hydrogen) atoms. The lowest BCUT2D eigenvalue weighted by Crippen LogP contribution is -2.36. The second kappa shape index (κ2) is 5.49. The van der Waals surface area contributed by atoms with E-state index in [1.165, 1.54) is 0 Å². The molecule has 0 radical (unpaired) electrons. The highest BCUT2D eigenvalue weighted by Gasteiger charge is 2.35. The summed E-state index contributed by atoms with van der Waals surface area (Å²) < 4.78 is 6.20. The third-order valence-electron chi connectivity index (χ3n) is 5.52. The van der Waals surface area contributed by atoms with Crippen LogP contribution in [0.15, 0.2) is 53.1 Å². The zero-order chi connectivity index (χ0) is 18.7. The number of pyridine rings is 1. The Morgan fingerprint density at radius 3 is 2.74 bits per heavy atom. The van der Waals surface area contributed by atoms with Gasteiger partial charge in [-0.2, -0.15) is 5.26 Å². The molecule has 1 aliphatic rings. The highest BCUT2D eigenvalue weighted by molar-refractivity contribution is 6.10. The number of furan rings is 1. The molecule has 2 aromatic carbocycles. The molecule has 0 N–H and O–H groups in total. The quantitative estimate of drug-likeness (QED) is 0.476. The van der Waals surface area contributed by atoms with Crippen molar-refractivity contribution in [3.63, 3.8) is 0 Å². The summed E-state index contributed by atoms with van der Waals surface area (Å²) in [6.45, 7) is 4.23. The number of hydrogen-bond donors (Lipinski definition) is 0. The third kappa shape index (κ3) is 2.01. The zero-order valence-electron chi connectivity index (χ0n) is 15.4. The SMILES string of the molecule is Cc1ccc2c(oc3ncccc32)c1N1c2cccc(C#N)c2N(C)[C@@H]1C. The molecule has 132 valence electrons. The molecule has 1 atom stereocenters. The second-order valence-corrected chi connectivity index (χ2v) is 6.96. The van der Waals surface area contributed by atoms with E-state index in [0.717, 1.165) is 39.0 Å². The molecule has 5 rings (SSSR count). The van der Waals surface area contributed by atoms with E-state index in [4.69, 9.17) is 4.42 Å². The van der Waals surface area contributed by atoms with Crippen LogP contribution in [0.5, 0.6) is 0 Å². The molecule has 5 nitrogen and oxygen atoms in total. The van der Waals surface area contributed by atoms with Crippen molar-refractivity contribution >= 4 is 39.1 Å². The summed E-state index contributed by atoms with van der Waals surface area (Å²) in [6.07, 6.45) is 1.80. The number of anilines is 3. The first-order valence-corrected chi connectivity index (χ1v) is 8.94. The second-order valence-electron chi connectivity index (χ2n) is 6.96. The average molecular weight is 354 g/mol. The number of fused-ring (bicyclic) bond motifs is 4. The van der Waals surface area contributed by atoms with Crippen molar-refractivity contribution in [1.82, 2.24) is 4.98 Å². The normalized spacial score (nSPS) is 16.1. The first-order chi connectivity index (χ1) is 13.1. The number of nitriles is 1. The predicted molar refractivity (Wildman–Crippen MR) is 107 cm³/mol. The van der Waals surface area contributed by atoms with Crippen molar-refractivity contribution in [3.8, 4) is 6.07 Å². The molecule has 0 unspecified atom stereocenters. The summed E-state index contributed by atoms with van der Waals surface area (Å²) in [7, 11) is 2.03.